The Morgan fingerprint density at radius 1 is 0.605 bits per heavy atom. The maximum atomic E-state index is 14.7. The molecule has 0 amide bonds. The van der Waals surface area contributed by atoms with Crippen LogP contribution in [0.3, 0.4) is 0 Å². The van der Waals surface area contributed by atoms with Crippen molar-refractivity contribution in [2.75, 3.05) is 13.2 Å². The molecule has 1 aromatic heterocycles. The highest BCUT2D eigenvalue weighted by Crippen LogP contribution is 2.38. The van der Waals surface area contributed by atoms with Crippen molar-refractivity contribution in [3.05, 3.63) is 69.4 Å². The number of rotatable bonds is 18. The fourth-order valence-corrected chi connectivity index (χ4v) is 5.99. The lowest BCUT2D eigenvalue weighted by molar-refractivity contribution is 0.304. The zero-order valence-electron chi connectivity index (χ0n) is 25.4. The van der Waals surface area contributed by atoms with Crippen molar-refractivity contribution in [2.24, 2.45) is 0 Å². The largest absolute Gasteiger partial charge is 0.494 e. The third kappa shape index (κ3) is 9.74. The van der Waals surface area contributed by atoms with Crippen LogP contribution in [0.1, 0.15) is 90.9 Å². The van der Waals surface area contributed by atoms with E-state index >= 15 is 0 Å². The van der Waals surface area contributed by atoms with E-state index in [1.54, 1.807) is 0 Å². The first-order valence-electron chi connectivity index (χ1n) is 15.8. The third-order valence-corrected chi connectivity index (χ3v) is 8.90. The van der Waals surface area contributed by atoms with Gasteiger partial charge >= 0.3 is 0 Å². The lowest BCUT2D eigenvalue weighted by atomic mass is 10.0. The van der Waals surface area contributed by atoms with Crippen LogP contribution in [-0.2, 0) is 0 Å². The van der Waals surface area contributed by atoms with Gasteiger partial charge in [0.2, 0.25) is 0 Å². The molecule has 0 radical (unpaired) electrons. The molecule has 0 saturated carbocycles. The number of ether oxygens (including phenoxy) is 2. The van der Waals surface area contributed by atoms with Gasteiger partial charge in [0.05, 0.1) is 29.1 Å². The first-order valence-corrected chi connectivity index (χ1v) is 17.4. The Kier molecular flexibility index (Phi) is 13.7. The number of aromatic nitrogens is 2. The molecule has 0 N–H and O–H groups in total. The molecule has 1 heterocycles. The van der Waals surface area contributed by atoms with E-state index in [0.29, 0.717) is 40.1 Å². The zero-order valence-corrected chi connectivity index (χ0v) is 28.6. The molecule has 0 fully saturated rings. The average Bonchev–Trinajstić information content (AvgIpc) is 3.02. The molecular formula is C36H43Br2FN2O2. The van der Waals surface area contributed by atoms with Crippen molar-refractivity contribution < 1.29 is 13.9 Å². The second kappa shape index (κ2) is 17.7. The van der Waals surface area contributed by atoms with Gasteiger partial charge in [0.15, 0.2) is 0 Å². The predicted molar refractivity (Wildman–Crippen MR) is 184 cm³/mol. The number of fused-ring (bicyclic) bond motifs is 1. The molecule has 0 spiro atoms. The summed E-state index contributed by atoms with van der Waals surface area (Å²) in [5.74, 6) is 1.19. The van der Waals surface area contributed by atoms with Crippen LogP contribution in [0, 0.1) is 5.82 Å². The van der Waals surface area contributed by atoms with Gasteiger partial charge < -0.3 is 9.47 Å². The van der Waals surface area contributed by atoms with Gasteiger partial charge in [-0.05, 0) is 75.0 Å². The average molecular weight is 715 g/mol. The van der Waals surface area contributed by atoms with Gasteiger partial charge in [-0.3, -0.25) is 0 Å². The van der Waals surface area contributed by atoms with Crippen LogP contribution in [0.4, 0.5) is 4.39 Å². The van der Waals surface area contributed by atoms with Crippen molar-refractivity contribution in [1.82, 2.24) is 9.97 Å². The molecule has 0 saturated heterocycles. The minimum atomic E-state index is -0.395. The van der Waals surface area contributed by atoms with E-state index in [-0.39, 0.29) is 4.47 Å². The van der Waals surface area contributed by atoms with E-state index < -0.39 is 5.82 Å². The zero-order chi connectivity index (χ0) is 30.4. The first-order chi connectivity index (χ1) is 21.0. The minimum Gasteiger partial charge on any atom is -0.494 e. The highest BCUT2D eigenvalue weighted by atomic mass is 79.9. The topological polar surface area (TPSA) is 44.2 Å². The Bertz CT molecular complexity index is 1460. The van der Waals surface area contributed by atoms with E-state index in [9.17, 15) is 4.39 Å². The SMILES string of the molecule is CCCCCCCCOc1cccc(-c2nc3c(Br)cc(F)c(Br)c3nc2-c2cccc(OCCCCCCCC)c2)c1. The van der Waals surface area contributed by atoms with Crippen LogP contribution >= 0.6 is 31.9 Å². The molecule has 230 valence electrons. The number of nitrogens with zero attached hydrogens (tertiary/aromatic N) is 2. The van der Waals surface area contributed by atoms with Crippen molar-refractivity contribution in [3.63, 3.8) is 0 Å². The summed E-state index contributed by atoms with van der Waals surface area (Å²) in [6.07, 6.45) is 14.6. The van der Waals surface area contributed by atoms with Gasteiger partial charge in [0.1, 0.15) is 28.3 Å². The second-order valence-corrected chi connectivity index (χ2v) is 12.7. The van der Waals surface area contributed by atoms with Crippen LogP contribution in [0.2, 0.25) is 0 Å². The summed E-state index contributed by atoms with van der Waals surface area (Å²) < 4.78 is 27.8. The summed E-state index contributed by atoms with van der Waals surface area (Å²) >= 11 is 6.91. The summed E-state index contributed by atoms with van der Waals surface area (Å²) in [5.41, 5.74) is 4.14. The molecule has 7 heteroatoms. The molecule has 43 heavy (non-hydrogen) atoms. The van der Waals surface area contributed by atoms with Crippen LogP contribution in [0.15, 0.2) is 63.5 Å². The molecule has 4 aromatic rings. The van der Waals surface area contributed by atoms with Crippen LogP contribution in [0.5, 0.6) is 11.5 Å². The number of benzene rings is 3. The second-order valence-electron chi connectivity index (χ2n) is 11.1. The van der Waals surface area contributed by atoms with E-state index in [4.69, 9.17) is 19.4 Å². The smallest absolute Gasteiger partial charge is 0.140 e. The number of hydrogen-bond donors (Lipinski definition) is 0. The van der Waals surface area contributed by atoms with Gasteiger partial charge in [-0.15, -0.1) is 0 Å². The Morgan fingerprint density at radius 2 is 1.07 bits per heavy atom. The standard InChI is InChI=1S/C36H43Br2FN2O2/c1-3-5-7-9-11-13-21-42-28-19-15-17-26(23-28)33-34(41-36-32(38)31(39)25-30(37)35(36)40-33)27-18-16-20-29(24-27)43-22-14-12-10-8-6-4-2/h15-20,23-25H,3-14,21-22H2,1-2H3. The summed E-state index contributed by atoms with van der Waals surface area (Å²) in [6, 6.07) is 17.3. The van der Waals surface area contributed by atoms with Crippen molar-refractivity contribution in [2.45, 2.75) is 90.9 Å². The van der Waals surface area contributed by atoms with Crippen LogP contribution in [-0.4, -0.2) is 23.2 Å². The Labute approximate surface area is 273 Å². The molecule has 0 unspecified atom stereocenters. The highest BCUT2D eigenvalue weighted by Gasteiger charge is 2.19. The molecule has 0 aliphatic heterocycles. The summed E-state index contributed by atoms with van der Waals surface area (Å²) in [7, 11) is 0. The fourth-order valence-electron chi connectivity index (χ4n) is 5.12. The molecule has 0 bridgehead atoms. The van der Waals surface area contributed by atoms with E-state index in [2.05, 4.69) is 45.7 Å². The maximum absolute atomic E-state index is 14.7. The Balaban J connectivity index is 1.60. The highest BCUT2D eigenvalue weighted by molar-refractivity contribution is 9.11. The molecule has 0 aliphatic rings. The number of unbranched alkanes of at least 4 members (excludes halogenated alkanes) is 10. The molecule has 4 rings (SSSR count). The lowest BCUT2D eigenvalue weighted by Crippen LogP contribution is -2.01. The van der Waals surface area contributed by atoms with Crippen LogP contribution in [0.25, 0.3) is 33.5 Å². The molecule has 3 aromatic carbocycles. The molecular weight excluding hydrogens is 671 g/mol. The Morgan fingerprint density at radius 3 is 1.58 bits per heavy atom. The lowest BCUT2D eigenvalue weighted by Gasteiger charge is -2.15. The van der Waals surface area contributed by atoms with E-state index in [1.165, 1.54) is 70.3 Å². The predicted octanol–water partition coefficient (Wildman–Crippen LogP) is 12.1. The first kappa shape index (κ1) is 33.4. The number of hydrogen-bond acceptors (Lipinski definition) is 4. The summed E-state index contributed by atoms with van der Waals surface area (Å²) in [4.78, 5) is 10.0. The van der Waals surface area contributed by atoms with Crippen molar-refractivity contribution >= 4 is 42.9 Å². The van der Waals surface area contributed by atoms with Gasteiger partial charge in [0.25, 0.3) is 0 Å². The van der Waals surface area contributed by atoms with Crippen LogP contribution < -0.4 is 9.47 Å². The quantitative estimate of drug-likeness (QED) is 0.0760. The normalized spacial score (nSPS) is 11.3. The monoisotopic (exact) mass is 712 g/mol. The van der Waals surface area contributed by atoms with Gasteiger partial charge in [0, 0.05) is 15.6 Å². The minimum absolute atomic E-state index is 0.289. The third-order valence-electron chi connectivity index (χ3n) is 7.54. The molecule has 4 nitrogen and oxygen atoms in total. The van der Waals surface area contributed by atoms with Gasteiger partial charge in [-0.25, -0.2) is 14.4 Å². The van der Waals surface area contributed by atoms with E-state index in [1.807, 2.05) is 48.5 Å². The molecule has 0 aliphatic carbocycles. The van der Waals surface area contributed by atoms with Crippen molar-refractivity contribution in [1.29, 1.82) is 0 Å². The van der Waals surface area contributed by atoms with Crippen molar-refractivity contribution in [3.8, 4) is 34.0 Å². The van der Waals surface area contributed by atoms with Gasteiger partial charge in [-0.1, -0.05) is 102 Å². The number of halogens is 3. The van der Waals surface area contributed by atoms with Gasteiger partial charge in [-0.2, -0.15) is 0 Å². The maximum Gasteiger partial charge on any atom is 0.140 e. The van der Waals surface area contributed by atoms with E-state index in [0.717, 1.165) is 35.5 Å². The Hall–Kier alpha value is -2.51. The summed E-state index contributed by atoms with van der Waals surface area (Å²) in [6.45, 7) is 5.82. The molecule has 0 atom stereocenters. The summed E-state index contributed by atoms with van der Waals surface area (Å²) in [5, 5.41) is 0. The fraction of sp³-hybridized carbons (Fsp3) is 0.444.